The number of aromatic nitrogens is 2. The van der Waals surface area contributed by atoms with E-state index in [4.69, 9.17) is 4.52 Å². The van der Waals surface area contributed by atoms with Crippen LogP contribution in [-0.2, 0) is 0 Å². The van der Waals surface area contributed by atoms with Gasteiger partial charge in [0.25, 0.3) is 0 Å². The van der Waals surface area contributed by atoms with E-state index in [-0.39, 0.29) is 5.82 Å². The van der Waals surface area contributed by atoms with Crippen LogP contribution in [0.15, 0.2) is 28.8 Å². The van der Waals surface area contributed by atoms with Crippen LogP contribution in [0.2, 0.25) is 0 Å². The number of hydrogen-bond donors (Lipinski definition) is 1. The van der Waals surface area contributed by atoms with Crippen LogP contribution in [0.25, 0.3) is 11.4 Å². The molecule has 2 aromatic rings. The van der Waals surface area contributed by atoms with Gasteiger partial charge in [0.05, 0.1) is 5.92 Å². The summed E-state index contributed by atoms with van der Waals surface area (Å²) in [5.74, 6) is 1.18. The fraction of sp³-hybridized carbons (Fsp3) is 0.429. The Morgan fingerprint density at radius 1 is 1.32 bits per heavy atom. The molecule has 5 heteroatoms. The number of halogens is 1. The van der Waals surface area contributed by atoms with Crippen LogP contribution in [0.5, 0.6) is 0 Å². The van der Waals surface area contributed by atoms with Gasteiger partial charge in [0, 0.05) is 17.6 Å². The molecule has 2 fully saturated rings. The van der Waals surface area contributed by atoms with Crippen molar-refractivity contribution in [1.29, 1.82) is 0 Å². The number of hydrogen-bond acceptors (Lipinski definition) is 4. The van der Waals surface area contributed by atoms with Gasteiger partial charge in [-0.1, -0.05) is 17.3 Å². The molecule has 1 aromatic carbocycles. The average molecular weight is 259 g/mol. The Balaban J connectivity index is 1.63. The first-order valence-electron chi connectivity index (χ1n) is 6.65. The van der Waals surface area contributed by atoms with E-state index in [0.717, 1.165) is 6.42 Å². The minimum Gasteiger partial charge on any atom is -0.339 e. The largest absolute Gasteiger partial charge is 0.339 e. The van der Waals surface area contributed by atoms with Crippen LogP contribution in [0.3, 0.4) is 0 Å². The number of rotatable bonds is 2. The summed E-state index contributed by atoms with van der Waals surface area (Å²) in [5, 5.41) is 7.52. The summed E-state index contributed by atoms with van der Waals surface area (Å²) in [6.45, 7) is 0. The fourth-order valence-corrected chi connectivity index (χ4v) is 3.23. The first kappa shape index (κ1) is 11.1. The molecule has 0 amide bonds. The third-order valence-electron chi connectivity index (χ3n) is 4.14. The van der Waals surface area contributed by atoms with Crippen molar-refractivity contribution in [3.8, 4) is 11.4 Å². The molecule has 0 aliphatic carbocycles. The van der Waals surface area contributed by atoms with Crippen molar-refractivity contribution in [3.05, 3.63) is 36.0 Å². The van der Waals surface area contributed by atoms with Gasteiger partial charge >= 0.3 is 0 Å². The fourth-order valence-electron chi connectivity index (χ4n) is 3.23. The van der Waals surface area contributed by atoms with Gasteiger partial charge < -0.3 is 9.84 Å². The van der Waals surface area contributed by atoms with Crippen molar-refractivity contribution in [1.82, 2.24) is 15.5 Å². The molecule has 0 radical (unpaired) electrons. The third kappa shape index (κ3) is 1.85. The van der Waals surface area contributed by atoms with Crippen molar-refractivity contribution in [2.45, 2.75) is 37.3 Å². The molecular formula is C14H14FN3O. The summed E-state index contributed by atoms with van der Waals surface area (Å²) >= 11 is 0. The van der Waals surface area contributed by atoms with E-state index in [1.165, 1.54) is 25.0 Å². The summed E-state index contributed by atoms with van der Waals surface area (Å²) in [6.07, 6.45) is 3.48. The second-order valence-corrected chi connectivity index (χ2v) is 5.36. The van der Waals surface area contributed by atoms with E-state index in [2.05, 4.69) is 15.5 Å². The first-order valence-corrected chi connectivity index (χ1v) is 6.65. The number of nitrogens with one attached hydrogen (secondary N) is 1. The summed E-state index contributed by atoms with van der Waals surface area (Å²) in [6, 6.07) is 7.33. The number of nitrogens with zero attached hydrogens (tertiary/aromatic N) is 2. The van der Waals surface area contributed by atoms with Crippen LogP contribution in [0.1, 0.15) is 31.1 Å². The Morgan fingerprint density at radius 3 is 3.00 bits per heavy atom. The van der Waals surface area contributed by atoms with E-state index >= 15 is 0 Å². The van der Waals surface area contributed by atoms with E-state index < -0.39 is 0 Å². The summed E-state index contributed by atoms with van der Waals surface area (Å²) in [5.41, 5.74) is 0.658. The molecule has 0 saturated carbocycles. The second kappa shape index (κ2) is 4.13. The van der Waals surface area contributed by atoms with Gasteiger partial charge in [-0.25, -0.2) is 4.39 Å². The van der Waals surface area contributed by atoms with E-state index in [1.54, 1.807) is 12.1 Å². The molecule has 3 unspecified atom stereocenters. The summed E-state index contributed by atoms with van der Waals surface area (Å²) in [7, 11) is 0. The highest BCUT2D eigenvalue weighted by atomic mass is 19.1. The minimum absolute atomic E-state index is 0.287. The molecular weight excluding hydrogens is 245 g/mol. The molecule has 2 aliphatic heterocycles. The zero-order valence-corrected chi connectivity index (χ0v) is 10.3. The molecule has 2 aliphatic rings. The molecule has 4 nitrogen and oxygen atoms in total. The Bertz CT molecular complexity index is 612. The van der Waals surface area contributed by atoms with Gasteiger partial charge in [-0.2, -0.15) is 4.98 Å². The van der Waals surface area contributed by atoms with Crippen LogP contribution < -0.4 is 5.32 Å². The number of fused-ring (bicyclic) bond motifs is 2. The highest BCUT2D eigenvalue weighted by Crippen LogP contribution is 2.39. The van der Waals surface area contributed by atoms with Crippen LogP contribution in [0.4, 0.5) is 4.39 Å². The van der Waals surface area contributed by atoms with E-state index in [1.807, 2.05) is 0 Å². The van der Waals surface area contributed by atoms with Gasteiger partial charge in [-0.3, -0.25) is 0 Å². The average Bonchev–Trinajstić information content (AvgIpc) is 3.14. The summed E-state index contributed by atoms with van der Waals surface area (Å²) in [4.78, 5) is 4.44. The third-order valence-corrected chi connectivity index (χ3v) is 4.14. The van der Waals surface area contributed by atoms with Crippen molar-refractivity contribution in [2.24, 2.45) is 0 Å². The lowest BCUT2D eigenvalue weighted by molar-refractivity contribution is 0.329. The Hall–Kier alpha value is -1.75. The maximum absolute atomic E-state index is 13.2. The van der Waals surface area contributed by atoms with E-state index in [0.29, 0.717) is 35.3 Å². The second-order valence-electron chi connectivity index (χ2n) is 5.36. The first-order chi connectivity index (χ1) is 9.29. The van der Waals surface area contributed by atoms with Gasteiger partial charge in [0.1, 0.15) is 5.82 Å². The van der Waals surface area contributed by atoms with Crippen molar-refractivity contribution in [2.75, 3.05) is 0 Å². The molecule has 1 N–H and O–H groups in total. The van der Waals surface area contributed by atoms with Gasteiger partial charge in [-0.05, 0) is 31.4 Å². The normalized spacial score (nSPS) is 29.0. The Labute approximate surface area is 110 Å². The smallest absolute Gasteiger partial charge is 0.231 e. The van der Waals surface area contributed by atoms with Crippen molar-refractivity contribution in [3.63, 3.8) is 0 Å². The van der Waals surface area contributed by atoms with Gasteiger partial charge in [-0.15, -0.1) is 0 Å². The highest BCUT2D eigenvalue weighted by Gasteiger charge is 2.42. The molecule has 2 saturated heterocycles. The molecule has 1 aromatic heterocycles. The van der Waals surface area contributed by atoms with Crippen molar-refractivity contribution >= 4 is 0 Å². The van der Waals surface area contributed by atoms with E-state index in [9.17, 15) is 4.39 Å². The van der Waals surface area contributed by atoms with Crippen molar-refractivity contribution < 1.29 is 8.91 Å². The topological polar surface area (TPSA) is 51.0 Å². The quantitative estimate of drug-likeness (QED) is 0.900. The van der Waals surface area contributed by atoms with Crippen LogP contribution >= 0.6 is 0 Å². The SMILES string of the molecule is Fc1cccc(-c2noc(C3CC4CCC3N4)n2)c1. The minimum atomic E-state index is -0.287. The molecule has 19 heavy (non-hydrogen) atoms. The zero-order valence-electron chi connectivity index (χ0n) is 10.3. The molecule has 3 atom stereocenters. The molecule has 0 spiro atoms. The molecule has 98 valence electrons. The maximum Gasteiger partial charge on any atom is 0.231 e. The lowest BCUT2D eigenvalue weighted by Gasteiger charge is -2.15. The monoisotopic (exact) mass is 259 g/mol. The number of benzene rings is 1. The van der Waals surface area contributed by atoms with Gasteiger partial charge in [0.15, 0.2) is 0 Å². The molecule has 2 bridgehead atoms. The molecule has 4 rings (SSSR count). The lowest BCUT2D eigenvalue weighted by atomic mass is 9.89. The summed E-state index contributed by atoms with van der Waals surface area (Å²) < 4.78 is 18.6. The lowest BCUT2D eigenvalue weighted by Crippen LogP contribution is -2.21. The molecule has 3 heterocycles. The Morgan fingerprint density at radius 2 is 2.26 bits per heavy atom. The van der Waals surface area contributed by atoms with Gasteiger partial charge in [0.2, 0.25) is 11.7 Å². The Kier molecular flexibility index (Phi) is 2.41. The maximum atomic E-state index is 13.2. The highest BCUT2D eigenvalue weighted by molar-refractivity contribution is 5.54. The van der Waals surface area contributed by atoms with Crippen LogP contribution in [0, 0.1) is 5.82 Å². The predicted molar refractivity (Wildman–Crippen MR) is 67.0 cm³/mol. The zero-order chi connectivity index (χ0) is 12.8. The standard InChI is InChI=1S/C14H14FN3O/c15-9-3-1-2-8(6-9)13-17-14(19-18-13)11-7-10-4-5-12(11)16-10/h1-3,6,10-12,16H,4-5,7H2. The predicted octanol–water partition coefficient (Wildman–Crippen LogP) is 2.48. The van der Waals surface area contributed by atoms with Crippen LogP contribution in [-0.4, -0.2) is 22.2 Å².